The van der Waals surface area contributed by atoms with Crippen LogP contribution in [0.3, 0.4) is 0 Å². The van der Waals surface area contributed by atoms with Gasteiger partial charge in [-0.25, -0.2) is 9.97 Å². The molecule has 0 unspecified atom stereocenters. The molecule has 0 aliphatic rings. The second-order valence-corrected chi connectivity index (χ2v) is 4.97. The molecule has 0 aliphatic heterocycles. The minimum atomic E-state index is 0.327. The van der Waals surface area contributed by atoms with Crippen LogP contribution in [0.4, 0.5) is 23.0 Å². The first-order valence-electron chi connectivity index (χ1n) is 7.05. The van der Waals surface area contributed by atoms with Gasteiger partial charge in [-0.3, -0.25) is 0 Å². The second kappa shape index (κ2) is 6.23. The van der Waals surface area contributed by atoms with Crippen LogP contribution in [-0.2, 0) is 0 Å². The number of methoxy groups -OCH3 is 1. The zero-order valence-electron chi connectivity index (χ0n) is 12.7. The van der Waals surface area contributed by atoms with Gasteiger partial charge in [0.25, 0.3) is 0 Å². The van der Waals surface area contributed by atoms with Gasteiger partial charge in [0.05, 0.1) is 19.0 Å². The van der Waals surface area contributed by atoms with Crippen molar-refractivity contribution in [2.75, 3.05) is 23.9 Å². The largest absolute Gasteiger partial charge is 0.497 e. The molecular weight excluding hydrogens is 290 g/mol. The van der Waals surface area contributed by atoms with Gasteiger partial charge >= 0.3 is 0 Å². The molecule has 3 rings (SSSR count). The highest BCUT2D eigenvalue weighted by Crippen LogP contribution is 2.25. The molecule has 0 saturated heterocycles. The summed E-state index contributed by atoms with van der Waals surface area (Å²) in [5, 5.41) is 3.16. The normalized spacial score (nSPS) is 10.3. The lowest BCUT2D eigenvalue weighted by Crippen LogP contribution is -2.03. The summed E-state index contributed by atoms with van der Waals surface area (Å²) in [6.07, 6.45) is 1.63. The molecule has 23 heavy (non-hydrogen) atoms. The first-order chi connectivity index (χ1) is 11.2. The molecule has 116 valence electrons. The van der Waals surface area contributed by atoms with Crippen molar-refractivity contribution in [3.8, 4) is 17.0 Å². The van der Waals surface area contributed by atoms with Gasteiger partial charge in [-0.2, -0.15) is 0 Å². The maximum atomic E-state index is 5.92. The van der Waals surface area contributed by atoms with Crippen LogP contribution >= 0.6 is 0 Å². The minimum Gasteiger partial charge on any atom is -0.497 e. The van der Waals surface area contributed by atoms with E-state index in [9.17, 15) is 0 Å². The third-order valence-corrected chi connectivity index (χ3v) is 3.34. The standard InChI is InChI=1S/C17H17N5O/c1-23-14-7-5-13(6-8-14)21-17-16(19)20-10-15(22-17)11-3-2-4-12(18)9-11/h2-10H,18H2,1H3,(H2,19,20)(H,21,22). The number of hydrogen-bond acceptors (Lipinski definition) is 6. The lowest BCUT2D eigenvalue weighted by molar-refractivity contribution is 0.415. The van der Waals surface area contributed by atoms with Crippen molar-refractivity contribution >= 4 is 23.0 Å². The highest BCUT2D eigenvalue weighted by Gasteiger charge is 2.07. The molecule has 1 heterocycles. The Kier molecular flexibility index (Phi) is 3.97. The van der Waals surface area contributed by atoms with Crippen LogP contribution < -0.4 is 21.5 Å². The molecule has 0 fully saturated rings. The third kappa shape index (κ3) is 3.32. The van der Waals surface area contributed by atoms with E-state index >= 15 is 0 Å². The van der Waals surface area contributed by atoms with Crippen molar-refractivity contribution in [2.45, 2.75) is 0 Å². The minimum absolute atomic E-state index is 0.327. The first kappa shape index (κ1) is 14.6. The van der Waals surface area contributed by atoms with Crippen molar-refractivity contribution in [1.29, 1.82) is 0 Å². The lowest BCUT2D eigenvalue weighted by Gasteiger charge is -2.10. The molecule has 0 saturated carbocycles. The number of nitrogens with two attached hydrogens (primary N) is 2. The Morgan fingerprint density at radius 3 is 2.52 bits per heavy atom. The number of nitrogen functional groups attached to an aromatic ring is 2. The van der Waals surface area contributed by atoms with E-state index in [0.717, 1.165) is 17.0 Å². The van der Waals surface area contributed by atoms with E-state index in [2.05, 4.69) is 15.3 Å². The molecule has 2 aromatic carbocycles. The Morgan fingerprint density at radius 2 is 1.83 bits per heavy atom. The molecule has 0 amide bonds. The maximum Gasteiger partial charge on any atom is 0.173 e. The van der Waals surface area contributed by atoms with Gasteiger partial charge in [-0.1, -0.05) is 12.1 Å². The Morgan fingerprint density at radius 1 is 1.04 bits per heavy atom. The quantitative estimate of drug-likeness (QED) is 0.641. The number of nitrogens with one attached hydrogen (secondary N) is 1. The van der Waals surface area contributed by atoms with Crippen LogP contribution in [0.25, 0.3) is 11.3 Å². The van der Waals surface area contributed by atoms with Crippen molar-refractivity contribution in [3.05, 3.63) is 54.7 Å². The Balaban J connectivity index is 1.91. The molecule has 0 bridgehead atoms. The van der Waals surface area contributed by atoms with Crippen LogP contribution in [-0.4, -0.2) is 17.1 Å². The molecule has 3 aromatic rings. The maximum absolute atomic E-state index is 5.92. The molecule has 0 aliphatic carbocycles. The molecule has 6 nitrogen and oxygen atoms in total. The van der Waals surface area contributed by atoms with Crippen molar-refractivity contribution in [1.82, 2.24) is 9.97 Å². The van der Waals surface area contributed by atoms with Crippen LogP contribution in [0, 0.1) is 0 Å². The van der Waals surface area contributed by atoms with E-state index in [-0.39, 0.29) is 0 Å². The summed E-state index contributed by atoms with van der Waals surface area (Å²) in [5.74, 6) is 1.60. The average Bonchev–Trinajstić information content (AvgIpc) is 2.57. The zero-order valence-corrected chi connectivity index (χ0v) is 12.7. The van der Waals surface area contributed by atoms with Gasteiger partial charge in [0.15, 0.2) is 11.6 Å². The predicted molar refractivity (Wildman–Crippen MR) is 92.6 cm³/mol. The van der Waals surface area contributed by atoms with E-state index in [1.54, 1.807) is 13.3 Å². The van der Waals surface area contributed by atoms with Crippen molar-refractivity contribution < 1.29 is 4.74 Å². The van der Waals surface area contributed by atoms with Gasteiger partial charge in [-0.15, -0.1) is 0 Å². The molecule has 1 aromatic heterocycles. The van der Waals surface area contributed by atoms with Gasteiger partial charge in [0.2, 0.25) is 0 Å². The zero-order chi connectivity index (χ0) is 16.2. The average molecular weight is 307 g/mol. The second-order valence-electron chi connectivity index (χ2n) is 4.97. The van der Waals surface area contributed by atoms with Crippen LogP contribution in [0.1, 0.15) is 0 Å². The fourth-order valence-electron chi connectivity index (χ4n) is 2.14. The van der Waals surface area contributed by atoms with Gasteiger partial charge in [0.1, 0.15) is 5.75 Å². The summed E-state index contributed by atoms with van der Waals surface area (Å²) in [7, 11) is 1.63. The summed E-state index contributed by atoms with van der Waals surface area (Å²) in [5.41, 5.74) is 14.8. The monoisotopic (exact) mass is 307 g/mol. The number of ether oxygens (including phenoxy) is 1. The molecule has 6 heteroatoms. The molecular formula is C17H17N5O. The molecule has 0 atom stereocenters. The van der Waals surface area contributed by atoms with E-state index < -0.39 is 0 Å². The highest BCUT2D eigenvalue weighted by atomic mass is 16.5. The SMILES string of the molecule is COc1ccc(Nc2nc(-c3cccc(N)c3)cnc2N)cc1. The Hall–Kier alpha value is -3.28. The fraction of sp³-hybridized carbons (Fsp3) is 0.0588. The summed E-state index contributed by atoms with van der Waals surface area (Å²) in [4.78, 5) is 8.74. The number of benzene rings is 2. The number of aromatic nitrogens is 2. The molecule has 0 spiro atoms. The van der Waals surface area contributed by atoms with Crippen LogP contribution in [0.15, 0.2) is 54.7 Å². The van der Waals surface area contributed by atoms with Crippen LogP contribution in [0.2, 0.25) is 0 Å². The Bertz CT molecular complexity index is 817. The van der Waals surface area contributed by atoms with E-state index in [1.165, 1.54) is 0 Å². The summed E-state index contributed by atoms with van der Waals surface area (Å²) in [6.45, 7) is 0. The molecule has 0 radical (unpaired) electrons. The van der Waals surface area contributed by atoms with E-state index in [4.69, 9.17) is 16.2 Å². The van der Waals surface area contributed by atoms with Crippen molar-refractivity contribution in [3.63, 3.8) is 0 Å². The van der Waals surface area contributed by atoms with Crippen molar-refractivity contribution in [2.24, 2.45) is 0 Å². The predicted octanol–water partition coefficient (Wildman–Crippen LogP) is 3.06. The van der Waals surface area contributed by atoms with Gasteiger partial charge < -0.3 is 21.5 Å². The van der Waals surface area contributed by atoms with E-state index in [0.29, 0.717) is 23.0 Å². The Labute approximate surface area is 134 Å². The van der Waals surface area contributed by atoms with Gasteiger partial charge in [0, 0.05) is 16.9 Å². The fourth-order valence-corrected chi connectivity index (χ4v) is 2.14. The van der Waals surface area contributed by atoms with E-state index in [1.807, 2.05) is 48.5 Å². The summed E-state index contributed by atoms with van der Waals surface area (Å²) < 4.78 is 5.14. The lowest BCUT2D eigenvalue weighted by atomic mass is 10.1. The molecule has 5 N–H and O–H groups in total. The third-order valence-electron chi connectivity index (χ3n) is 3.34. The smallest absolute Gasteiger partial charge is 0.173 e. The highest BCUT2D eigenvalue weighted by molar-refractivity contribution is 5.71. The van der Waals surface area contributed by atoms with Gasteiger partial charge in [-0.05, 0) is 36.4 Å². The van der Waals surface area contributed by atoms with Crippen LogP contribution in [0.5, 0.6) is 5.75 Å². The first-order valence-corrected chi connectivity index (χ1v) is 7.05. The number of rotatable bonds is 4. The summed E-state index contributed by atoms with van der Waals surface area (Å²) in [6, 6.07) is 14.9. The topological polar surface area (TPSA) is 99.1 Å². The summed E-state index contributed by atoms with van der Waals surface area (Å²) >= 11 is 0. The number of hydrogen-bond donors (Lipinski definition) is 3. The number of anilines is 4. The number of nitrogens with zero attached hydrogens (tertiary/aromatic N) is 2.